The molecule has 0 saturated heterocycles. The predicted octanol–water partition coefficient (Wildman–Crippen LogP) is 0.283. The Kier molecular flexibility index (Phi) is 17.8. The number of hydrogen-bond acceptors (Lipinski definition) is 3. The molecule has 0 bridgehead atoms. The number of nitrogens with two attached hydrogens (primary N) is 1. The van der Waals surface area contributed by atoms with E-state index in [1.165, 1.54) is 14.1 Å². The standard InChI is InChI=1S/C4H9NO2.C2H6N2O.CH4/c1-3-7-4(6)5-2;1-4-2(3)5;/h3H2,1-2H3,(H,5,6);1H3,(H3,3,4,5);1H4. The van der Waals surface area contributed by atoms with Crippen molar-refractivity contribution in [2.24, 2.45) is 5.73 Å². The molecule has 0 unspecified atom stereocenters. The van der Waals surface area contributed by atoms with E-state index in [0.717, 1.165) is 0 Å². The number of amides is 3. The first kappa shape index (κ1) is 17.6. The maximum absolute atomic E-state index is 10.1. The zero-order chi connectivity index (χ0) is 9.98. The van der Waals surface area contributed by atoms with E-state index in [4.69, 9.17) is 0 Å². The van der Waals surface area contributed by atoms with Crippen LogP contribution in [-0.2, 0) is 4.74 Å². The van der Waals surface area contributed by atoms with Crippen molar-refractivity contribution in [2.45, 2.75) is 14.4 Å². The summed E-state index contributed by atoms with van der Waals surface area (Å²) in [5, 5.41) is 4.47. The van der Waals surface area contributed by atoms with Gasteiger partial charge in [0.15, 0.2) is 0 Å². The van der Waals surface area contributed by atoms with Gasteiger partial charge in [0.2, 0.25) is 0 Å². The first-order chi connectivity index (χ1) is 5.58. The van der Waals surface area contributed by atoms with Gasteiger partial charge in [-0.1, -0.05) is 7.43 Å². The second kappa shape index (κ2) is 13.2. The zero-order valence-electron chi connectivity index (χ0n) is 7.51. The van der Waals surface area contributed by atoms with Gasteiger partial charge in [0.25, 0.3) is 0 Å². The van der Waals surface area contributed by atoms with E-state index in [9.17, 15) is 9.59 Å². The van der Waals surface area contributed by atoms with E-state index < -0.39 is 6.03 Å². The van der Waals surface area contributed by atoms with Crippen LogP contribution in [0.5, 0.6) is 0 Å². The fourth-order valence-electron chi connectivity index (χ4n) is 0.203. The molecule has 13 heavy (non-hydrogen) atoms. The molecule has 0 saturated carbocycles. The van der Waals surface area contributed by atoms with Crippen LogP contribution >= 0.6 is 0 Å². The molecule has 0 aromatic carbocycles. The Morgan fingerprint density at radius 3 is 1.77 bits per heavy atom. The number of primary amides is 1. The number of rotatable bonds is 1. The Morgan fingerprint density at radius 1 is 1.31 bits per heavy atom. The molecule has 0 aliphatic heterocycles. The molecule has 0 aliphatic carbocycles. The van der Waals surface area contributed by atoms with Gasteiger partial charge in [0.05, 0.1) is 6.61 Å². The van der Waals surface area contributed by atoms with E-state index in [1.54, 1.807) is 6.92 Å². The highest BCUT2D eigenvalue weighted by atomic mass is 16.5. The largest absolute Gasteiger partial charge is 0.450 e. The molecule has 0 aliphatic rings. The average molecular weight is 193 g/mol. The van der Waals surface area contributed by atoms with Crippen molar-refractivity contribution in [2.75, 3.05) is 20.7 Å². The molecule has 0 spiro atoms. The van der Waals surface area contributed by atoms with Gasteiger partial charge in [-0.15, -0.1) is 0 Å². The molecule has 6 nitrogen and oxygen atoms in total. The summed E-state index contributed by atoms with van der Waals surface area (Å²) in [4.78, 5) is 19.6. The lowest BCUT2D eigenvalue weighted by Gasteiger charge is -1.95. The fraction of sp³-hybridized carbons (Fsp3) is 0.714. The highest BCUT2D eigenvalue weighted by Crippen LogP contribution is 1.70. The minimum absolute atomic E-state index is 0. The van der Waals surface area contributed by atoms with Gasteiger partial charge in [-0.2, -0.15) is 0 Å². The third kappa shape index (κ3) is 25.0. The van der Waals surface area contributed by atoms with E-state index in [-0.39, 0.29) is 13.5 Å². The highest BCUT2D eigenvalue weighted by molar-refractivity contribution is 5.71. The van der Waals surface area contributed by atoms with Crippen LogP contribution in [0, 0.1) is 0 Å². The summed E-state index contributed by atoms with van der Waals surface area (Å²) < 4.78 is 4.44. The van der Waals surface area contributed by atoms with Crippen LogP contribution in [0.3, 0.4) is 0 Å². The number of nitrogens with one attached hydrogen (secondary N) is 2. The summed E-state index contributed by atoms with van der Waals surface area (Å²) in [5.74, 6) is 0. The zero-order valence-corrected chi connectivity index (χ0v) is 7.51. The maximum Gasteiger partial charge on any atom is 0.406 e. The molecule has 6 heteroatoms. The lowest BCUT2D eigenvalue weighted by atomic mass is 10.9. The van der Waals surface area contributed by atoms with Gasteiger partial charge in [0, 0.05) is 14.1 Å². The van der Waals surface area contributed by atoms with Gasteiger partial charge < -0.3 is 21.1 Å². The fourth-order valence-corrected chi connectivity index (χ4v) is 0.203. The molecule has 0 aromatic rings. The second-order valence-corrected chi connectivity index (χ2v) is 1.58. The van der Waals surface area contributed by atoms with Crippen molar-refractivity contribution < 1.29 is 14.3 Å². The van der Waals surface area contributed by atoms with Crippen LogP contribution < -0.4 is 16.4 Å². The topological polar surface area (TPSA) is 93.4 Å². The van der Waals surface area contributed by atoms with Crippen LogP contribution in [0.15, 0.2) is 0 Å². The number of carbonyl (C=O) groups is 2. The Morgan fingerprint density at radius 2 is 1.69 bits per heavy atom. The molecule has 0 heterocycles. The molecular formula is C7H19N3O3. The van der Waals surface area contributed by atoms with Gasteiger partial charge in [-0.05, 0) is 6.92 Å². The van der Waals surface area contributed by atoms with Gasteiger partial charge in [-0.25, -0.2) is 9.59 Å². The number of alkyl carbamates (subject to hydrolysis) is 1. The quantitative estimate of drug-likeness (QED) is 0.558. The lowest BCUT2D eigenvalue weighted by molar-refractivity contribution is 0.154. The summed E-state index contributed by atoms with van der Waals surface area (Å²) >= 11 is 0. The number of hydrogen-bond donors (Lipinski definition) is 3. The van der Waals surface area contributed by atoms with E-state index in [2.05, 4.69) is 21.1 Å². The molecule has 80 valence electrons. The highest BCUT2D eigenvalue weighted by Gasteiger charge is 1.89. The van der Waals surface area contributed by atoms with Crippen molar-refractivity contribution in [3.8, 4) is 0 Å². The number of urea groups is 1. The van der Waals surface area contributed by atoms with Crippen molar-refractivity contribution in [3.63, 3.8) is 0 Å². The lowest BCUT2D eigenvalue weighted by Crippen LogP contribution is -2.24. The number of ether oxygens (including phenoxy) is 1. The molecule has 3 amide bonds. The molecule has 4 N–H and O–H groups in total. The molecule has 0 atom stereocenters. The van der Waals surface area contributed by atoms with Crippen molar-refractivity contribution in [1.29, 1.82) is 0 Å². The summed E-state index contributed by atoms with van der Waals surface area (Å²) in [5.41, 5.74) is 4.54. The predicted molar refractivity (Wildman–Crippen MR) is 51.5 cm³/mol. The average Bonchev–Trinajstić information content (AvgIpc) is 2.06. The van der Waals surface area contributed by atoms with Gasteiger partial charge in [0.1, 0.15) is 0 Å². The molecule has 0 rings (SSSR count). The first-order valence-electron chi connectivity index (χ1n) is 3.40. The molecular weight excluding hydrogens is 174 g/mol. The Hall–Kier alpha value is -1.46. The minimum Gasteiger partial charge on any atom is -0.450 e. The Balaban J connectivity index is -0.000000150. The van der Waals surface area contributed by atoms with Crippen molar-refractivity contribution >= 4 is 12.1 Å². The van der Waals surface area contributed by atoms with Crippen LogP contribution in [0.25, 0.3) is 0 Å². The SMILES string of the molecule is C.CCOC(=O)NC.CNC(N)=O. The number of carbonyl (C=O) groups excluding carboxylic acids is 2. The summed E-state index contributed by atoms with van der Waals surface area (Å²) in [6.07, 6.45) is -0.373. The van der Waals surface area contributed by atoms with Gasteiger partial charge >= 0.3 is 12.1 Å². The van der Waals surface area contributed by atoms with E-state index in [0.29, 0.717) is 6.61 Å². The van der Waals surface area contributed by atoms with E-state index in [1.807, 2.05) is 0 Å². The van der Waals surface area contributed by atoms with Crippen LogP contribution in [0.4, 0.5) is 9.59 Å². The molecule has 0 aromatic heterocycles. The summed E-state index contributed by atoms with van der Waals surface area (Å²) in [6.45, 7) is 2.19. The third-order valence-corrected chi connectivity index (χ3v) is 0.726. The van der Waals surface area contributed by atoms with Crippen LogP contribution in [0.2, 0.25) is 0 Å². The minimum atomic E-state index is -0.495. The smallest absolute Gasteiger partial charge is 0.406 e. The monoisotopic (exact) mass is 193 g/mol. The normalized spacial score (nSPS) is 6.69. The first-order valence-corrected chi connectivity index (χ1v) is 3.40. The summed E-state index contributed by atoms with van der Waals surface area (Å²) in [6, 6.07) is -0.495. The third-order valence-electron chi connectivity index (χ3n) is 0.726. The van der Waals surface area contributed by atoms with Crippen LogP contribution in [0.1, 0.15) is 14.4 Å². The van der Waals surface area contributed by atoms with Crippen LogP contribution in [-0.4, -0.2) is 32.8 Å². The Bertz CT molecular complexity index is 139. The van der Waals surface area contributed by atoms with Crippen molar-refractivity contribution in [3.05, 3.63) is 0 Å². The van der Waals surface area contributed by atoms with Crippen molar-refractivity contribution in [1.82, 2.24) is 10.6 Å². The Labute approximate surface area is 78.8 Å². The van der Waals surface area contributed by atoms with Gasteiger partial charge in [-0.3, -0.25) is 0 Å². The maximum atomic E-state index is 10.1. The molecule has 0 radical (unpaired) electrons. The molecule has 0 fully saturated rings. The van der Waals surface area contributed by atoms with E-state index >= 15 is 0 Å². The second-order valence-electron chi connectivity index (χ2n) is 1.58. The summed E-state index contributed by atoms with van der Waals surface area (Å²) in [7, 11) is 3.00.